The number of rotatable bonds is 5. The van der Waals surface area contributed by atoms with Crippen molar-refractivity contribution in [3.63, 3.8) is 0 Å². The maximum absolute atomic E-state index is 11.9. The van der Waals surface area contributed by atoms with Gasteiger partial charge in [0.25, 0.3) is 0 Å². The van der Waals surface area contributed by atoms with Gasteiger partial charge in [-0.25, -0.2) is 4.79 Å². The Kier molecular flexibility index (Phi) is 4.62. The van der Waals surface area contributed by atoms with E-state index in [0.29, 0.717) is 6.42 Å². The van der Waals surface area contributed by atoms with E-state index in [2.05, 4.69) is 10.3 Å². The van der Waals surface area contributed by atoms with Crippen molar-refractivity contribution in [2.45, 2.75) is 26.3 Å². The number of esters is 1. The molecule has 0 bridgehead atoms. The van der Waals surface area contributed by atoms with Crippen LogP contribution in [0.1, 0.15) is 19.4 Å². The fraction of sp³-hybridized carbons (Fsp3) is 0.375. The lowest BCUT2D eigenvalue weighted by Crippen LogP contribution is -2.44. The highest BCUT2D eigenvalue weighted by Crippen LogP contribution is 2.19. The molecule has 1 atom stereocenters. The van der Waals surface area contributed by atoms with Crippen LogP contribution in [-0.4, -0.2) is 30.0 Å². The Bertz CT molecular complexity index is 646. The highest BCUT2D eigenvalue weighted by molar-refractivity contribution is 5.87. The number of aromatic amines is 1. The van der Waals surface area contributed by atoms with Gasteiger partial charge in [0.1, 0.15) is 6.04 Å². The Balaban J connectivity index is 2.22. The van der Waals surface area contributed by atoms with Crippen LogP contribution in [0, 0.1) is 5.92 Å². The van der Waals surface area contributed by atoms with Crippen LogP contribution < -0.4 is 5.32 Å². The Hall–Kier alpha value is -2.30. The molecule has 0 saturated heterocycles. The van der Waals surface area contributed by atoms with Gasteiger partial charge >= 0.3 is 5.97 Å². The molecule has 5 nitrogen and oxygen atoms in total. The van der Waals surface area contributed by atoms with Gasteiger partial charge in [-0.2, -0.15) is 0 Å². The number of amides is 1. The van der Waals surface area contributed by atoms with E-state index in [4.69, 9.17) is 4.74 Å². The van der Waals surface area contributed by atoms with E-state index < -0.39 is 12.0 Å². The number of hydrogen-bond donors (Lipinski definition) is 2. The predicted molar refractivity (Wildman–Crippen MR) is 80.8 cm³/mol. The van der Waals surface area contributed by atoms with E-state index in [1.165, 1.54) is 7.11 Å². The zero-order chi connectivity index (χ0) is 15.4. The second-order valence-electron chi connectivity index (χ2n) is 5.30. The summed E-state index contributed by atoms with van der Waals surface area (Å²) in [6.07, 6.45) is 2.26. The molecule has 0 saturated carbocycles. The molecule has 0 unspecified atom stereocenters. The Morgan fingerprint density at radius 1 is 1.29 bits per heavy atom. The normalized spacial score (nSPS) is 12.4. The van der Waals surface area contributed by atoms with Crippen LogP contribution in [-0.2, 0) is 20.7 Å². The number of hydrogen-bond acceptors (Lipinski definition) is 3. The first-order valence-electron chi connectivity index (χ1n) is 6.96. The fourth-order valence-corrected chi connectivity index (χ4v) is 2.19. The number of carbonyl (C=O) groups is 2. The number of para-hydroxylation sites is 1. The van der Waals surface area contributed by atoms with Gasteiger partial charge in [-0.1, -0.05) is 32.0 Å². The van der Waals surface area contributed by atoms with E-state index in [-0.39, 0.29) is 11.8 Å². The molecule has 5 heteroatoms. The topological polar surface area (TPSA) is 71.2 Å². The predicted octanol–water partition coefficient (Wildman–Crippen LogP) is 2.02. The van der Waals surface area contributed by atoms with Crippen molar-refractivity contribution in [1.82, 2.24) is 10.3 Å². The smallest absolute Gasteiger partial charge is 0.328 e. The SMILES string of the molecule is COC(=O)[C@@H](Cc1c[nH]c2ccccc12)NC(=O)C(C)C. The van der Waals surface area contributed by atoms with E-state index in [0.717, 1.165) is 16.5 Å². The molecule has 2 rings (SSSR count). The van der Waals surface area contributed by atoms with Gasteiger partial charge in [0.05, 0.1) is 7.11 Å². The lowest BCUT2D eigenvalue weighted by molar-refractivity contribution is -0.145. The summed E-state index contributed by atoms with van der Waals surface area (Å²) < 4.78 is 4.79. The molecule has 2 N–H and O–H groups in total. The third kappa shape index (κ3) is 3.42. The van der Waals surface area contributed by atoms with Gasteiger partial charge in [-0.3, -0.25) is 4.79 Å². The fourth-order valence-electron chi connectivity index (χ4n) is 2.19. The van der Waals surface area contributed by atoms with Gasteiger partial charge < -0.3 is 15.0 Å². The molecule has 1 aromatic carbocycles. The van der Waals surface area contributed by atoms with Gasteiger partial charge in [-0.05, 0) is 11.6 Å². The van der Waals surface area contributed by atoms with E-state index in [9.17, 15) is 9.59 Å². The summed E-state index contributed by atoms with van der Waals surface area (Å²) in [5.41, 5.74) is 1.98. The summed E-state index contributed by atoms with van der Waals surface area (Å²) in [6, 6.07) is 7.17. The van der Waals surface area contributed by atoms with E-state index in [1.807, 2.05) is 30.5 Å². The van der Waals surface area contributed by atoms with Crippen LogP contribution in [0.15, 0.2) is 30.5 Å². The molecule has 1 amide bonds. The summed E-state index contributed by atoms with van der Waals surface area (Å²) in [6.45, 7) is 3.57. The molecule has 112 valence electrons. The lowest BCUT2D eigenvalue weighted by Gasteiger charge is -2.17. The van der Waals surface area contributed by atoms with Gasteiger partial charge in [-0.15, -0.1) is 0 Å². The van der Waals surface area contributed by atoms with Gasteiger partial charge in [0, 0.05) is 29.4 Å². The molecule has 0 aliphatic heterocycles. The molecule has 1 heterocycles. The van der Waals surface area contributed by atoms with Crippen LogP contribution >= 0.6 is 0 Å². The van der Waals surface area contributed by atoms with Crippen molar-refractivity contribution in [2.75, 3.05) is 7.11 Å². The first-order chi connectivity index (χ1) is 10.0. The lowest BCUT2D eigenvalue weighted by atomic mass is 10.0. The molecule has 0 radical (unpaired) electrons. The minimum atomic E-state index is -0.677. The summed E-state index contributed by atoms with van der Waals surface area (Å²) in [4.78, 5) is 26.9. The second-order valence-corrected chi connectivity index (χ2v) is 5.30. The molecule has 2 aromatic rings. The molecule has 1 aromatic heterocycles. The number of fused-ring (bicyclic) bond motifs is 1. The summed E-state index contributed by atoms with van der Waals surface area (Å²) in [5, 5.41) is 3.79. The molecule has 0 spiro atoms. The number of aromatic nitrogens is 1. The Labute approximate surface area is 123 Å². The van der Waals surface area contributed by atoms with Gasteiger partial charge in [0.2, 0.25) is 5.91 Å². The first kappa shape index (κ1) is 15.1. The van der Waals surface area contributed by atoms with Crippen molar-refractivity contribution in [1.29, 1.82) is 0 Å². The van der Waals surface area contributed by atoms with Crippen molar-refractivity contribution in [3.8, 4) is 0 Å². The zero-order valence-electron chi connectivity index (χ0n) is 12.5. The number of carbonyl (C=O) groups excluding carboxylic acids is 2. The first-order valence-corrected chi connectivity index (χ1v) is 6.96. The minimum Gasteiger partial charge on any atom is -0.467 e. The van der Waals surface area contributed by atoms with Crippen LogP contribution in [0.4, 0.5) is 0 Å². The van der Waals surface area contributed by atoms with Crippen LogP contribution in [0.5, 0.6) is 0 Å². The van der Waals surface area contributed by atoms with Crippen molar-refractivity contribution in [2.24, 2.45) is 5.92 Å². The standard InChI is InChI=1S/C16H20N2O3/c1-10(2)15(19)18-14(16(20)21-3)8-11-9-17-13-7-5-4-6-12(11)13/h4-7,9-10,14,17H,8H2,1-3H3,(H,18,19)/t14-/m1/s1. The second kappa shape index (κ2) is 6.43. The summed E-state index contributed by atoms with van der Waals surface area (Å²) in [5.74, 6) is -0.778. The molecular weight excluding hydrogens is 268 g/mol. The highest BCUT2D eigenvalue weighted by Gasteiger charge is 2.24. The number of ether oxygens (including phenoxy) is 1. The monoisotopic (exact) mass is 288 g/mol. The van der Waals surface area contributed by atoms with E-state index >= 15 is 0 Å². The number of benzene rings is 1. The Morgan fingerprint density at radius 2 is 2.00 bits per heavy atom. The molecule has 21 heavy (non-hydrogen) atoms. The number of methoxy groups -OCH3 is 1. The maximum Gasteiger partial charge on any atom is 0.328 e. The summed E-state index contributed by atoms with van der Waals surface area (Å²) in [7, 11) is 1.33. The maximum atomic E-state index is 11.9. The van der Waals surface area contributed by atoms with Gasteiger partial charge in [0.15, 0.2) is 0 Å². The molecule has 0 aliphatic rings. The van der Waals surface area contributed by atoms with Crippen molar-refractivity contribution in [3.05, 3.63) is 36.0 Å². The van der Waals surface area contributed by atoms with Crippen LogP contribution in [0.25, 0.3) is 10.9 Å². The molecular formula is C16H20N2O3. The third-order valence-corrected chi connectivity index (χ3v) is 3.43. The average molecular weight is 288 g/mol. The molecule has 0 fully saturated rings. The number of nitrogens with one attached hydrogen (secondary N) is 2. The minimum absolute atomic E-state index is 0.162. The highest BCUT2D eigenvalue weighted by atomic mass is 16.5. The zero-order valence-corrected chi connectivity index (χ0v) is 12.5. The van der Waals surface area contributed by atoms with Crippen molar-refractivity contribution >= 4 is 22.8 Å². The summed E-state index contributed by atoms with van der Waals surface area (Å²) >= 11 is 0. The largest absolute Gasteiger partial charge is 0.467 e. The Morgan fingerprint density at radius 3 is 2.67 bits per heavy atom. The molecule has 0 aliphatic carbocycles. The van der Waals surface area contributed by atoms with Crippen LogP contribution in [0.2, 0.25) is 0 Å². The number of H-pyrrole nitrogens is 1. The quantitative estimate of drug-likeness (QED) is 0.827. The van der Waals surface area contributed by atoms with Crippen molar-refractivity contribution < 1.29 is 14.3 Å². The van der Waals surface area contributed by atoms with E-state index in [1.54, 1.807) is 13.8 Å². The average Bonchev–Trinajstić information content (AvgIpc) is 2.89. The van der Waals surface area contributed by atoms with Crippen LogP contribution in [0.3, 0.4) is 0 Å². The third-order valence-electron chi connectivity index (χ3n) is 3.43.